The number of likely N-dealkylation sites (tertiary alicyclic amines) is 1. The van der Waals surface area contributed by atoms with Gasteiger partial charge >= 0.3 is 12.1 Å². The van der Waals surface area contributed by atoms with Gasteiger partial charge in [0.05, 0.1) is 0 Å². The third-order valence-corrected chi connectivity index (χ3v) is 7.18. The maximum atomic E-state index is 14.5. The first-order valence-electron chi connectivity index (χ1n) is 10.7. The highest BCUT2D eigenvalue weighted by Crippen LogP contribution is 2.26. The van der Waals surface area contributed by atoms with Crippen molar-refractivity contribution in [3.63, 3.8) is 0 Å². The summed E-state index contributed by atoms with van der Waals surface area (Å²) in [6.07, 6.45) is -3.98. The summed E-state index contributed by atoms with van der Waals surface area (Å²) >= 11 is 0.994. The van der Waals surface area contributed by atoms with Gasteiger partial charge in [-0.2, -0.15) is 17.5 Å². The standard InChI is InChI=1S/C20H19F3N4O2S2.C2HF3O2/c21-16-4-1-3-13(12-27-6-2-7-27)15(16)11-24-14-9-17(22)20(18(23)10-14)31(28,29)26-19-5-8-30-25-19;3-2(4,5)1(6)7/h1,3-5,8-10,24H,2,6-7,11-12H2,(H,25,26);(H,6,7). The number of carbonyl (C=O) groups is 1. The zero-order valence-electron chi connectivity index (χ0n) is 19.2. The molecule has 3 N–H and O–H groups in total. The summed E-state index contributed by atoms with van der Waals surface area (Å²) in [5, 5.41) is 11.4. The van der Waals surface area contributed by atoms with Crippen molar-refractivity contribution < 1.29 is 44.7 Å². The fourth-order valence-electron chi connectivity index (χ4n) is 3.29. The van der Waals surface area contributed by atoms with Gasteiger partial charge < -0.3 is 10.4 Å². The van der Waals surface area contributed by atoms with Gasteiger partial charge in [0.1, 0.15) is 17.5 Å². The fraction of sp³-hybridized carbons (Fsp3) is 0.273. The van der Waals surface area contributed by atoms with Crippen LogP contribution in [0, 0.1) is 17.5 Å². The summed E-state index contributed by atoms with van der Waals surface area (Å²) in [5.74, 6) is -5.73. The monoisotopic (exact) mass is 582 g/mol. The maximum absolute atomic E-state index is 14.5. The molecule has 8 nitrogen and oxygen atoms in total. The topological polar surface area (TPSA) is 112 Å². The van der Waals surface area contributed by atoms with Gasteiger partial charge in [-0.1, -0.05) is 12.1 Å². The van der Waals surface area contributed by atoms with Crippen molar-refractivity contribution in [2.75, 3.05) is 23.1 Å². The summed E-state index contributed by atoms with van der Waals surface area (Å²) < 4.78 is 106. The summed E-state index contributed by atoms with van der Waals surface area (Å²) in [4.78, 5) is 9.97. The molecular weight excluding hydrogens is 562 g/mol. The minimum Gasteiger partial charge on any atom is -0.475 e. The molecule has 2 heterocycles. The highest BCUT2D eigenvalue weighted by Gasteiger charge is 2.38. The third-order valence-electron chi connectivity index (χ3n) is 5.21. The van der Waals surface area contributed by atoms with E-state index < -0.39 is 44.5 Å². The highest BCUT2D eigenvalue weighted by molar-refractivity contribution is 7.92. The number of nitrogens with one attached hydrogen (secondary N) is 2. The van der Waals surface area contributed by atoms with Crippen molar-refractivity contribution in [2.45, 2.75) is 30.6 Å². The number of halogens is 6. The van der Waals surface area contributed by atoms with E-state index in [2.05, 4.69) is 14.6 Å². The van der Waals surface area contributed by atoms with Crippen molar-refractivity contribution in [3.05, 3.63) is 70.4 Å². The van der Waals surface area contributed by atoms with Gasteiger partial charge in [-0.3, -0.25) is 9.62 Å². The number of carboxylic acid groups (broad SMARTS) is 1. The Morgan fingerprint density at radius 1 is 1.08 bits per heavy atom. The van der Waals surface area contributed by atoms with Crippen LogP contribution in [0.4, 0.5) is 37.8 Å². The smallest absolute Gasteiger partial charge is 0.475 e. The third kappa shape index (κ3) is 7.58. The lowest BCUT2D eigenvalue weighted by Crippen LogP contribution is -2.36. The summed E-state index contributed by atoms with van der Waals surface area (Å²) in [7, 11) is -4.50. The molecule has 0 atom stereocenters. The molecule has 3 aromatic rings. The average molecular weight is 583 g/mol. The van der Waals surface area contributed by atoms with Gasteiger partial charge in [0, 0.05) is 29.7 Å². The van der Waals surface area contributed by atoms with Crippen LogP contribution in [-0.4, -0.2) is 48.0 Å². The molecule has 1 saturated heterocycles. The van der Waals surface area contributed by atoms with Gasteiger partial charge in [-0.05, 0) is 60.9 Å². The van der Waals surface area contributed by atoms with Crippen molar-refractivity contribution >= 4 is 39.0 Å². The second-order valence-electron chi connectivity index (χ2n) is 7.92. The van der Waals surface area contributed by atoms with E-state index in [-0.39, 0.29) is 18.1 Å². The van der Waals surface area contributed by atoms with Gasteiger partial charge in [0.15, 0.2) is 10.7 Å². The van der Waals surface area contributed by atoms with E-state index in [9.17, 15) is 34.8 Å². The van der Waals surface area contributed by atoms with E-state index in [0.717, 1.165) is 48.7 Å². The molecule has 0 bridgehead atoms. The molecule has 2 aromatic carbocycles. The first kappa shape index (κ1) is 29.2. The number of hydrogen-bond donors (Lipinski definition) is 3. The number of hydrogen-bond acceptors (Lipinski definition) is 7. The Kier molecular flexibility index (Phi) is 9.22. The van der Waals surface area contributed by atoms with E-state index in [0.29, 0.717) is 12.1 Å². The maximum Gasteiger partial charge on any atom is 0.490 e. The Hall–Kier alpha value is -3.37. The molecule has 1 aliphatic rings. The average Bonchev–Trinajstić information content (AvgIpc) is 3.27. The van der Waals surface area contributed by atoms with E-state index in [1.165, 1.54) is 17.5 Å². The molecular formula is C22H20F6N4O4S2. The van der Waals surface area contributed by atoms with Gasteiger partial charge in [-0.25, -0.2) is 26.4 Å². The predicted molar refractivity (Wildman–Crippen MR) is 127 cm³/mol. The highest BCUT2D eigenvalue weighted by atomic mass is 32.2. The van der Waals surface area contributed by atoms with Crippen molar-refractivity contribution in [3.8, 4) is 0 Å². The summed E-state index contributed by atoms with van der Waals surface area (Å²) in [6, 6.07) is 7.89. The van der Waals surface area contributed by atoms with Crippen LogP contribution in [0.1, 0.15) is 17.5 Å². The van der Waals surface area contributed by atoms with Crippen molar-refractivity contribution in [1.82, 2.24) is 9.27 Å². The van der Waals surface area contributed by atoms with Crippen molar-refractivity contribution in [1.29, 1.82) is 0 Å². The zero-order chi connectivity index (χ0) is 28.1. The van der Waals surface area contributed by atoms with Crippen molar-refractivity contribution in [2.24, 2.45) is 0 Å². The molecule has 1 aliphatic heterocycles. The molecule has 16 heteroatoms. The van der Waals surface area contributed by atoms with E-state index in [4.69, 9.17) is 9.90 Å². The minimum absolute atomic E-state index is 0.000705. The summed E-state index contributed by atoms with van der Waals surface area (Å²) in [6.45, 7) is 2.49. The van der Waals surface area contributed by atoms with Gasteiger partial charge in [-0.15, -0.1) is 0 Å². The number of anilines is 2. The van der Waals surface area contributed by atoms with E-state index in [1.807, 2.05) is 10.8 Å². The van der Waals surface area contributed by atoms with E-state index in [1.54, 1.807) is 6.07 Å². The van der Waals surface area contributed by atoms with Crippen LogP contribution < -0.4 is 10.0 Å². The van der Waals surface area contributed by atoms with Crippen LogP contribution in [0.5, 0.6) is 0 Å². The lowest BCUT2D eigenvalue weighted by atomic mass is 10.0. The lowest BCUT2D eigenvalue weighted by Gasteiger charge is -2.31. The fourth-order valence-corrected chi connectivity index (χ4v) is 4.94. The SMILES string of the molecule is O=C(O)C(F)(F)F.O=S(=O)(Nc1ccsn1)c1c(F)cc(NCc2c(F)cccc2CN2CCC2)cc1F. The number of alkyl halides is 3. The molecule has 1 fully saturated rings. The molecule has 1 aromatic heterocycles. The second-order valence-corrected chi connectivity index (χ2v) is 10.2. The van der Waals surface area contributed by atoms with Gasteiger partial charge in [0.25, 0.3) is 10.0 Å². The molecule has 0 unspecified atom stereocenters. The van der Waals surface area contributed by atoms with Crippen LogP contribution in [0.3, 0.4) is 0 Å². The first-order chi connectivity index (χ1) is 17.8. The number of nitrogens with zero attached hydrogens (tertiary/aromatic N) is 2. The molecule has 0 spiro atoms. The Morgan fingerprint density at radius 3 is 2.21 bits per heavy atom. The Balaban J connectivity index is 0.000000505. The molecule has 0 radical (unpaired) electrons. The second kappa shape index (κ2) is 12.0. The number of benzene rings is 2. The number of carboxylic acids is 1. The normalized spacial score (nSPS) is 13.7. The molecule has 4 rings (SSSR count). The van der Waals surface area contributed by atoms with Crippen LogP contribution in [0.15, 0.2) is 46.7 Å². The lowest BCUT2D eigenvalue weighted by molar-refractivity contribution is -0.192. The Bertz CT molecular complexity index is 1360. The minimum atomic E-state index is -5.08. The number of aromatic nitrogens is 1. The Labute approximate surface area is 217 Å². The number of rotatable bonds is 8. The molecule has 0 aliphatic carbocycles. The number of aliphatic carboxylic acids is 1. The summed E-state index contributed by atoms with van der Waals surface area (Å²) in [5.41, 5.74) is 1.19. The first-order valence-corrected chi connectivity index (χ1v) is 13.0. The molecule has 0 saturated carbocycles. The predicted octanol–water partition coefficient (Wildman–Crippen LogP) is 4.81. The van der Waals surface area contributed by atoms with Crippen LogP contribution in [-0.2, 0) is 27.9 Å². The quantitative estimate of drug-likeness (QED) is 0.327. The van der Waals surface area contributed by atoms with Crippen LogP contribution >= 0.6 is 11.5 Å². The van der Waals surface area contributed by atoms with Crippen LogP contribution in [0.2, 0.25) is 0 Å². The molecule has 0 amide bonds. The number of sulfonamides is 1. The van der Waals surface area contributed by atoms with Crippen LogP contribution in [0.25, 0.3) is 0 Å². The largest absolute Gasteiger partial charge is 0.490 e. The molecule has 38 heavy (non-hydrogen) atoms. The van der Waals surface area contributed by atoms with Gasteiger partial charge in [0.2, 0.25) is 0 Å². The Morgan fingerprint density at radius 2 is 1.71 bits per heavy atom. The molecule has 206 valence electrons. The van der Waals surface area contributed by atoms with E-state index >= 15 is 0 Å². The zero-order valence-corrected chi connectivity index (χ0v) is 20.9.